The molecule has 0 saturated heterocycles. The third-order valence-corrected chi connectivity index (χ3v) is 6.53. The Morgan fingerprint density at radius 3 is 1.45 bits per heavy atom. The van der Waals surface area contributed by atoms with Gasteiger partial charge < -0.3 is 15.9 Å². The molecule has 29 heavy (non-hydrogen) atoms. The van der Waals surface area contributed by atoms with E-state index in [-0.39, 0.29) is 13.2 Å². The minimum atomic E-state index is 0.284. The molecule has 0 saturated carbocycles. The second-order valence-electron chi connectivity index (χ2n) is 9.16. The number of rotatable bonds is 22. The van der Waals surface area contributed by atoms with Gasteiger partial charge in [0.2, 0.25) is 0 Å². The van der Waals surface area contributed by atoms with Crippen LogP contribution in [0.15, 0.2) is 12.2 Å². The van der Waals surface area contributed by atoms with Crippen molar-refractivity contribution in [3.8, 4) is 0 Å². The van der Waals surface area contributed by atoms with Crippen LogP contribution in [0.4, 0.5) is 0 Å². The lowest BCUT2D eigenvalue weighted by Gasteiger charge is -2.29. The highest BCUT2D eigenvalue weighted by atomic mass is 16.3. The number of nitrogens with two attached hydrogens (primary N) is 1. The monoisotopic (exact) mass is 411 g/mol. The molecule has 3 nitrogen and oxygen atoms in total. The summed E-state index contributed by atoms with van der Waals surface area (Å²) in [6.45, 7) is 5.94. The summed E-state index contributed by atoms with van der Waals surface area (Å²) in [4.78, 5) is 0. The average Bonchev–Trinajstić information content (AvgIpc) is 2.70. The first-order valence-corrected chi connectivity index (χ1v) is 12.7. The molecule has 0 aromatic heterocycles. The van der Waals surface area contributed by atoms with Crippen molar-refractivity contribution in [2.75, 3.05) is 19.8 Å². The highest BCUT2D eigenvalue weighted by Gasteiger charge is 2.22. The molecular formula is C26H53NO2. The Morgan fingerprint density at radius 2 is 1.00 bits per heavy atom. The van der Waals surface area contributed by atoms with Crippen molar-refractivity contribution >= 4 is 0 Å². The fraction of sp³-hybridized carbons (Fsp3) is 0.923. The van der Waals surface area contributed by atoms with E-state index in [0.717, 1.165) is 19.4 Å². The predicted molar refractivity (Wildman–Crippen MR) is 128 cm³/mol. The maximum absolute atomic E-state index is 9.25. The summed E-state index contributed by atoms with van der Waals surface area (Å²) in [7, 11) is 0. The van der Waals surface area contributed by atoms with Gasteiger partial charge in [0.1, 0.15) is 0 Å². The van der Waals surface area contributed by atoms with Crippen LogP contribution in [0, 0.1) is 17.8 Å². The summed E-state index contributed by atoms with van der Waals surface area (Å²) in [5.74, 6) is 1.74. The van der Waals surface area contributed by atoms with Crippen molar-refractivity contribution in [3.63, 3.8) is 0 Å². The fourth-order valence-corrected chi connectivity index (χ4v) is 4.49. The van der Waals surface area contributed by atoms with E-state index in [9.17, 15) is 10.2 Å². The molecule has 2 atom stereocenters. The van der Waals surface area contributed by atoms with Crippen LogP contribution >= 0.6 is 0 Å². The molecule has 0 amide bonds. The highest BCUT2D eigenvalue weighted by Crippen LogP contribution is 2.31. The zero-order valence-electron chi connectivity index (χ0n) is 19.8. The quantitative estimate of drug-likeness (QED) is 0.139. The van der Waals surface area contributed by atoms with Crippen molar-refractivity contribution in [2.45, 2.75) is 117 Å². The van der Waals surface area contributed by atoms with Crippen molar-refractivity contribution in [1.29, 1.82) is 0 Å². The average molecular weight is 412 g/mol. The molecule has 0 heterocycles. The Labute approximate surface area is 182 Å². The van der Waals surface area contributed by atoms with Gasteiger partial charge in [-0.2, -0.15) is 0 Å². The molecule has 0 aliphatic rings. The van der Waals surface area contributed by atoms with Gasteiger partial charge >= 0.3 is 0 Å². The number of aliphatic hydroxyl groups is 2. The van der Waals surface area contributed by atoms with E-state index in [2.05, 4.69) is 26.0 Å². The molecule has 0 bridgehead atoms. The van der Waals surface area contributed by atoms with Crippen LogP contribution in [0.25, 0.3) is 0 Å². The first-order valence-electron chi connectivity index (χ1n) is 12.7. The number of hydrogen-bond acceptors (Lipinski definition) is 3. The molecule has 0 aromatic carbocycles. The number of allylic oxidation sites excluding steroid dienone is 2. The largest absolute Gasteiger partial charge is 0.396 e. The van der Waals surface area contributed by atoms with E-state index in [1.165, 1.54) is 89.9 Å². The van der Waals surface area contributed by atoms with Gasteiger partial charge in [0.05, 0.1) is 0 Å². The Bertz CT molecular complexity index is 334. The van der Waals surface area contributed by atoms with Crippen molar-refractivity contribution in [1.82, 2.24) is 0 Å². The zero-order valence-corrected chi connectivity index (χ0v) is 19.8. The normalized spacial score (nSPS) is 15.1. The van der Waals surface area contributed by atoms with Gasteiger partial charge in [-0.3, -0.25) is 0 Å². The standard InChI is InChI=1S/C26H53NO2/c1-24(19-22-28)26(25(2)20-23-29)18-16-14-12-10-8-6-4-3-5-7-9-11-13-15-17-21-27/h3-4,24-26,28-29H,5-23,27H2,1-2H3. The van der Waals surface area contributed by atoms with Crippen LogP contribution in [0.3, 0.4) is 0 Å². The summed E-state index contributed by atoms with van der Waals surface area (Å²) in [6.07, 6.45) is 24.8. The summed E-state index contributed by atoms with van der Waals surface area (Å²) < 4.78 is 0. The third kappa shape index (κ3) is 18.1. The van der Waals surface area contributed by atoms with E-state index in [1.54, 1.807) is 0 Å². The smallest absolute Gasteiger partial charge is 0.0433 e. The molecule has 2 unspecified atom stereocenters. The first kappa shape index (κ1) is 28.6. The van der Waals surface area contributed by atoms with Gasteiger partial charge in [0.15, 0.2) is 0 Å². The van der Waals surface area contributed by atoms with E-state index in [0.29, 0.717) is 17.8 Å². The van der Waals surface area contributed by atoms with Gasteiger partial charge in [-0.25, -0.2) is 0 Å². The minimum absolute atomic E-state index is 0.284. The number of hydrogen-bond donors (Lipinski definition) is 3. The molecule has 0 spiro atoms. The van der Waals surface area contributed by atoms with Crippen LogP contribution in [0.1, 0.15) is 117 Å². The van der Waals surface area contributed by atoms with Crippen LogP contribution < -0.4 is 5.73 Å². The van der Waals surface area contributed by atoms with Crippen molar-refractivity contribution < 1.29 is 10.2 Å². The molecule has 174 valence electrons. The molecule has 0 aliphatic heterocycles. The van der Waals surface area contributed by atoms with E-state index in [1.807, 2.05) is 0 Å². The highest BCUT2D eigenvalue weighted by molar-refractivity contribution is 4.81. The molecule has 0 fully saturated rings. The number of unbranched alkanes of at least 4 members (excludes halogenated alkanes) is 11. The third-order valence-electron chi connectivity index (χ3n) is 6.53. The summed E-state index contributed by atoms with van der Waals surface area (Å²) in [6, 6.07) is 0. The Balaban J connectivity index is 3.60. The van der Waals surface area contributed by atoms with Gasteiger partial charge in [-0.05, 0) is 75.7 Å². The second kappa shape index (κ2) is 22.3. The summed E-state index contributed by atoms with van der Waals surface area (Å²) in [5.41, 5.74) is 5.51. The Hall–Kier alpha value is -0.380. The van der Waals surface area contributed by atoms with Crippen molar-refractivity contribution in [3.05, 3.63) is 12.2 Å². The van der Waals surface area contributed by atoms with Gasteiger partial charge in [0.25, 0.3) is 0 Å². The maximum Gasteiger partial charge on any atom is 0.0433 e. The Morgan fingerprint density at radius 1 is 0.586 bits per heavy atom. The number of aliphatic hydroxyl groups excluding tert-OH is 2. The lowest BCUT2D eigenvalue weighted by Crippen LogP contribution is -2.22. The minimum Gasteiger partial charge on any atom is -0.396 e. The first-order chi connectivity index (χ1) is 14.2. The van der Waals surface area contributed by atoms with E-state index in [4.69, 9.17) is 5.73 Å². The maximum atomic E-state index is 9.25. The fourth-order valence-electron chi connectivity index (χ4n) is 4.49. The van der Waals surface area contributed by atoms with E-state index < -0.39 is 0 Å². The van der Waals surface area contributed by atoms with Crippen molar-refractivity contribution in [2.24, 2.45) is 23.5 Å². The molecule has 0 radical (unpaired) electrons. The van der Waals surface area contributed by atoms with E-state index >= 15 is 0 Å². The molecule has 3 heteroatoms. The van der Waals surface area contributed by atoms with Gasteiger partial charge in [-0.1, -0.05) is 77.4 Å². The van der Waals surface area contributed by atoms with Crippen LogP contribution in [-0.4, -0.2) is 30.0 Å². The van der Waals surface area contributed by atoms with Crippen LogP contribution in [-0.2, 0) is 0 Å². The van der Waals surface area contributed by atoms with Crippen LogP contribution in [0.5, 0.6) is 0 Å². The summed E-state index contributed by atoms with van der Waals surface area (Å²) >= 11 is 0. The predicted octanol–water partition coefficient (Wildman–Crippen LogP) is 6.62. The second-order valence-corrected chi connectivity index (χ2v) is 9.16. The molecule has 0 aromatic rings. The molecule has 0 aliphatic carbocycles. The van der Waals surface area contributed by atoms with Crippen LogP contribution in [0.2, 0.25) is 0 Å². The van der Waals surface area contributed by atoms with Gasteiger partial charge in [-0.15, -0.1) is 0 Å². The molecular weight excluding hydrogens is 358 g/mol. The molecule has 0 rings (SSSR count). The summed E-state index contributed by atoms with van der Waals surface area (Å²) in [5, 5.41) is 18.5. The topological polar surface area (TPSA) is 66.5 Å². The molecule has 4 N–H and O–H groups in total. The zero-order chi connectivity index (χ0) is 21.6. The lowest BCUT2D eigenvalue weighted by molar-refractivity contribution is 0.155. The Kier molecular flexibility index (Phi) is 22.0. The SMILES string of the molecule is CC(CCO)C(CCCCCCCC=CCCCCCCCCN)C(C)CCO. The van der Waals surface area contributed by atoms with Gasteiger partial charge in [0, 0.05) is 13.2 Å². The lowest BCUT2D eigenvalue weighted by atomic mass is 9.77.